The number of hydrogen-bond acceptors (Lipinski definition) is 4. The van der Waals surface area contributed by atoms with Gasteiger partial charge in [-0.2, -0.15) is 0 Å². The second kappa shape index (κ2) is 6.85. The molecule has 0 saturated heterocycles. The minimum absolute atomic E-state index is 0.216. The molecule has 0 aliphatic heterocycles. The van der Waals surface area contributed by atoms with Gasteiger partial charge in [-0.15, -0.1) is 0 Å². The molecule has 1 fully saturated rings. The van der Waals surface area contributed by atoms with Crippen LogP contribution in [0.4, 0.5) is 0 Å². The number of carbonyl (C=O) groups is 2. The number of carbonyl (C=O) groups excluding carboxylic acids is 2. The molecule has 4 heteroatoms. The van der Waals surface area contributed by atoms with Crippen molar-refractivity contribution in [2.45, 2.75) is 38.1 Å². The predicted molar refractivity (Wildman–Crippen MR) is 80.9 cm³/mol. The Kier molecular flexibility index (Phi) is 5.12. The van der Waals surface area contributed by atoms with E-state index in [2.05, 4.69) is 12.1 Å². The van der Waals surface area contributed by atoms with Crippen LogP contribution in [0.5, 0.6) is 0 Å². The summed E-state index contributed by atoms with van der Waals surface area (Å²) in [6.07, 6.45) is 2.65. The number of esters is 1. The standard InChI is InChI=1S/C17H23NO3/c1-3-21-16(20)13-18(2)17(11-9-15(19)10-12-17)14-7-5-4-6-8-14/h4-8H,3,9-13H2,1-2H3. The van der Waals surface area contributed by atoms with Crippen LogP contribution >= 0.6 is 0 Å². The van der Waals surface area contributed by atoms with Gasteiger partial charge < -0.3 is 4.74 Å². The lowest BCUT2D eigenvalue weighted by molar-refractivity contribution is -0.146. The van der Waals surface area contributed by atoms with Gasteiger partial charge in [0.1, 0.15) is 5.78 Å². The quantitative estimate of drug-likeness (QED) is 0.781. The molecule has 4 nitrogen and oxygen atoms in total. The van der Waals surface area contributed by atoms with E-state index in [0.717, 1.165) is 12.8 Å². The summed E-state index contributed by atoms with van der Waals surface area (Å²) < 4.78 is 5.06. The van der Waals surface area contributed by atoms with Gasteiger partial charge in [-0.1, -0.05) is 30.3 Å². The van der Waals surface area contributed by atoms with E-state index in [4.69, 9.17) is 4.74 Å². The summed E-state index contributed by atoms with van der Waals surface area (Å²) in [7, 11) is 1.94. The maximum atomic E-state index is 11.8. The summed E-state index contributed by atoms with van der Waals surface area (Å²) in [4.78, 5) is 25.5. The summed E-state index contributed by atoms with van der Waals surface area (Å²) in [5.74, 6) is 0.0956. The number of hydrogen-bond donors (Lipinski definition) is 0. The highest BCUT2D eigenvalue weighted by atomic mass is 16.5. The zero-order valence-electron chi connectivity index (χ0n) is 12.8. The fourth-order valence-electron chi connectivity index (χ4n) is 3.13. The molecule has 1 saturated carbocycles. The molecule has 0 radical (unpaired) electrons. The largest absolute Gasteiger partial charge is 0.465 e. The van der Waals surface area contributed by atoms with E-state index < -0.39 is 0 Å². The maximum Gasteiger partial charge on any atom is 0.320 e. The van der Waals surface area contributed by atoms with E-state index in [9.17, 15) is 9.59 Å². The third-order valence-corrected chi connectivity index (χ3v) is 4.35. The van der Waals surface area contributed by atoms with Crippen LogP contribution in [0.25, 0.3) is 0 Å². The monoisotopic (exact) mass is 289 g/mol. The number of nitrogens with zero attached hydrogens (tertiary/aromatic N) is 1. The van der Waals surface area contributed by atoms with E-state index >= 15 is 0 Å². The summed E-state index contributed by atoms with van der Waals surface area (Å²) >= 11 is 0. The molecule has 0 atom stereocenters. The summed E-state index contributed by atoms with van der Waals surface area (Å²) in [6.45, 7) is 2.45. The molecule has 0 unspecified atom stereocenters. The molecule has 1 aliphatic rings. The lowest BCUT2D eigenvalue weighted by atomic mass is 9.75. The average molecular weight is 289 g/mol. The second-order valence-corrected chi connectivity index (χ2v) is 5.60. The van der Waals surface area contributed by atoms with Gasteiger partial charge in [-0.25, -0.2) is 0 Å². The van der Waals surface area contributed by atoms with Crippen LogP contribution in [0.2, 0.25) is 0 Å². The smallest absolute Gasteiger partial charge is 0.320 e. The van der Waals surface area contributed by atoms with E-state index in [1.807, 2.05) is 37.1 Å². The van der Waals surface area contributed by atoms with Crippen molar-refractivity contribution in [2.24, 2.45) is 0 Å². The van der Waals surface area contributed by atoms with Crippen LogP contribution in [0.1, 0.15) is 38.2 Å². The first kappa shape index (κ1) is 15.7. The Balaban J connectivity index is 2.24. The molecular weight excluding hydrogens is 266 g/mol. The Morgan fingerprint density at radius 1 is 1.24 bits per heavy atom. The van der Waals surface area contributed by atoms with Gasteiger partial charge in [0.05, 0.1) is 13.2 Å². The summed E-state index contributed by atoms with van der Waals surface area (Å²) in [5, 5.41) is 0. The molecule has 0 heterocycles. The van der Waals surface area contributed by atoms with Gasteiger partial charge >= 0.3 is 5.97 Å². The number of benzene rings is 1. The normalized spacial score (nSPS) is 17.8. The Bertz CT molecular complexity index is 488. The first-order chi connectivity index (χ1) is 10.1. The van der Waals surface area contributed by atoms with Crippen LogP contribution in [-0.4, -0.2) is 36.9 Å². The number of likely N-dealkylation sites (N-methyl/N-ethyl adjacent to an activating group) is 1. The van der Waals surface area contributed by atoms with E-state index in [0.29, 0.717) is 25.2 Å². The molecule has 0 spiro atoms. The van der Waals surface area contributed by atoms with Crippen LogP contribution in [-0.2, 0) is 19.9 Å². The Hall–Kier alpha value is -1.68. The summed E-state index contributed by atoms with van der Waals surface area (Å²) in [6, 6.07) is 10.2. The van der Waals surface area contributed by atoms with Crippen molar-refractivity contribution in [3.8, 4) is 0 Å². The minimum atomic E-state index is -0.248. The first-order valence-corrected chi connectivity index (χ1v) is 7.52. The average Bonchev–Trinajstić information content (AvgIpc) is 2.49. The summed E-state index contributed by atoms with van der Waals surface area (Å²) in [5.41, 5.74) is 0.923. The van der Waals surface area contributed by atoms with E-state index in [-0.39, 0.29) is 18.1 Å². The Morgan fingerprint density at radius 2 is 1.86 bits per heavy atom. The van der Waals surface area contributed by atoms with Gasteiger partial charge in [0.15, 0.2) is 0 Å². The van der Waals surface area contributed by atoms with Crippen molar-refractivity contribution >= 4 is 11.8 Å². The van der Waals surface area contributed by atoms with Crippen LogP contribution in [0.3, 0.4) is 0 Å². The molecule has 2 rings (SSSR count). The first-order valence-electron chi connectivity index (χ1n) is 7.52. The fraction of sp³-hybridized carbons (Fsp3) is 0.529. The topological polar surface area (TPSA) is 46.6 Å². The third kappa shape index (κ3) is 3.50. The highest BCUT2D eigenvalue weighted by Crippen LogP contribution is 2.40. The van der Waals surface area contributed by atoms with Gasteiger partial charge in [-0.3, -0.25) is 14.5 Å². The molecule has 0 aromatic heterocycles. The van der Waals surface area contributed by atoms with Crippen molar-refractivity contribution in [2.75, 3.05) is 20.2 Å². The molecule has 1 aromatic rings. The molecule has 21 heavy (non-hydrogen) atoms. The van der Waals surface area contributed by atoms with E-state index in [1.165, 1.54) is 5.56 Å². The van der Waals surface area contributed by atoms with Crippen molar-refractivity contribution in [3.05, 3.63) is 35.9 Å². The van der Waals surface area contributed by atoms with Crippen LogP contribution in [0, 0.1) is 0 Å². The van der Waals surface area contributed by atoms with Gasteiger partial charge in [0.2, 0.25) is 0 Å². The third-order valence-electron chi connectivity index (χ3n) is 4.35. The lowest BCUT2D eigenvalue weighted by Crippen LogP contribution is -2.48. The Labute approximate surface area is 126 Å². The highest BCUT2D eigenvalue weighted by molar-refractivity contribution is 5.79. The molecule has 1 aromatic carbocycles. The lowest BCUT2D eigenvalue weighted by Gasteiger charge is -2.44. The number of ether oxygens (including phenoxy) is 1. The van der Waals surface area contributed by atoms with Gasteiger partial charge in [0.25, 0.3) is 0 Å². The molecule has 0 bridgehead atoms. The van der Waals surface area contributed by atoms with Gasteiger partial charge in [0, 0.05) is 18.4 Å². The Morgan fingerprint density at radius 3 is 2.43 bits per heavy atom. The van der Waals surface area contributed by atoms with Crippen molar-refractivity contribution in [3.63, 3.8) is 0 Å². The van der Waals surface area contributed by atoms with Crippen molar-refractivity contribution in [1.29, 1.82) is 0 Å². The van der Waals surface area contributed by atoms with Crippen molar-refractivity contribution in [1.82, 2.24) is 4.90 Å². The number of rotatable bonds is 5. The van der Waals surface area contributed by atoms with Crippen LogP contribution < -0.4 is 0 Å². The zero-order valence-corrected chi connectivity index (χ0v) is 12.8. The molecule has 0 amide bonds. The van der Waals surface area contributed by atoms with Crippen molar-refractivity contribution < 1.29 is 14.3 Å². The molecular formula is C17H23NO3. The molecule has 114 valence electrons. The predicted octanol–water partition coefficient (Wildman–Crippen LogP) is 2.52. The maximum absolute atomic E-state index is 11.8. The second-order valence-electron chi connectivity index (χ2n) is 5.60. The van der Waals surface area contributed by atoms with Crippen LogP contribution in [0.15, 0.2) is 30.3 Å². The SMILES string of the molecule is CCOC(=O)CN(C)C1(c2ccccc2)CCC(=O)CC1. The molecule has 1 aliphatic carbocycles. The zero-order chi connectivity index (χ0) is 15.3. The van der Waals surface area contributed by atoms with E-state index in [1.54, 1.807) is 0 Å². The highest BCUT2D eigenvalue weighted by Gasteiger charge is 2.40. The number of ketones is 1. The minimum Gasteiger partial charge on any atom is -0.465 e. The molecule has 0 N–H and O–H groups in total. The number of Topliss-reactive ketones (excluding diaryl/α,β-unsaturated/α-hetero) is 1. The van der Waals surface area contributed by atoms with Gasteiger partial charge in [-0.05, 0) is 32.4 Å². The fourth-order valence-corrected chi connectivity index (χ4v) is 3.13.